The van der Waals surface area contributed by atoms with E-state index in [9.17, 15) is 0 Å². The molecule has 0 aliphatic heterocycles. The van der Waals surface area contributed by atoms with Crippen LogP contribution in [0.5, 0.6) is 0 Å². The molecule has 2 aromatic heterocycles. The van der Waals surface area contributed by atoms with Crippen molar-refractivity contribution in [2.75, 3.05) is 5.33 Å². The number of nitrogens with one attached hydrogen (secondary N) is 1. The highest BCUT2D eigenvalue weighted by Gasteiger charge is 1.95. The van der Waals surface area contributed by atoms with Crippen LogP contribution in [0.3, 0.4) is 0 Å². The Balaban J connectivity index is 2.48. The van der Waals surface area contributed by atoms with E-state index in [1.165, 1.54) is 0 Å². The van der Waals surface area contributed by atoms with Gasteiger partial charge in [-0.2, -0.15) is 5.10 Å². The van der Waals surface area contributed by atoms with Gasteiger partial charge in [0.15, 0.2) is 0 Å². The van der Waals surface area contributed by atoms with E-state index in [0.717, 1.165) is 16.6 Å². The standard InChI is InChI=1S/C9H6BrN3/c10-3-1-2-7-4-8-9(11-5-7)6-12-13-8/h4-6H,3H2,(H,12,13). The molecule has 0 radical (unpaired) electrons. The van der Waals surface area contributed by atoms with Crippen LogP contribution in [0.15, 0.2) is 18.5 Å². The van der Waals surface area contributed by atoms with E-state index in [2.05, 4.69) is 43.0 Å². The third-order valence-corrected chi connectivity index (χ3v) is 1.87. The smallest absolute Gasteiger partial charge is 0.108 e. The first-order valence-corrected chi connectivity index (χ1v) is 4.86. The van der Waals surface area contributed by atoms with Gasteiger partial charge in [-0.05, 0) is 6.07 Å². The molecule has 0 aliphatic carbocycles. The molecule has 0 amide bonds. The summed E-state index contributed by atoms with van der Waals surface area (Å²) in [5.41, 5.74) is 2.68. The van der Waals surface area contributed by atoms with Crippen LogP contribution >= 0.6 is 15.9 Å². The summed E-state index contributed by atoms with van der Waals surface area (Å²) in [5.74, 6) is 5.88. The van der Waals surface area contributed by atoms with Gasteiger partial charge in [-0.1, -0.05) is 27.8 Å². The molecule has 0 spiro atoms. The summed E-state index contributed by atoms with van der Waals surface area (Å²) in [6.07, 6.45) is 3.44. The van der Waals surface area contributed by atoms with Crippen molar-refractivity contribution in [2.45, 2.75) is 0 Å². The lowest BCUT2D eigenvalue weighted by molar-refractivity contribution is 1.12. The Labute approximate surface area is 83.7 Å². The number of fused-ring (bicyclic) bond motifs is 1. The van der Waals surface area contributed by atoms with Crippen LogP contribution < -0.4 is 0 Å². The number of hydrogen-bond donors (Lipinski definition) is 1. The molecule has 2 heterocycles. The van der Waals surface area contributed by atoms with Crippen LogP contribution in [-0.4, -0.2) is 20.5 Å². The summed E-state index contributed by atoms with van der Waals surface area (Å²) >= 11 is 3.23. The fourth-order valence-corrected chi connectivity index (χ4v) is 1.17. The number of H-pyrrole nitrogens is 1. The average molecular weight is 236 g/mol. The minimum Gasteiger partial charge on any atom is -0.276 e. The van der Waals surface area contributed by atoms with Crippen LogP contribution in [0.4, 0.5) is 0 Å². The highest BCUT2D eigenvalue weighted by molar-refractivity contribution is 9.09. The minimum atomic E-state index is 0.675. The van der Waals surface area contributed by atoms with Gasteiger partial charge in [0.05, 0.1) is 17.0 Å². The Morgan fingerprint density at radius 2 is 2.38 bits per heavy atom. The molecular weight excluding hydrogens is 230 g/mol. The molecule has 0 aliphatic rings. The number of alkyl halides is 1. The second-order valence-electron chi connectivity index (χ2n) is 2.46. The topological polar surface area (TPSA) is 41.6 Å². The van der Waals surface area contributed by atoms with Crippen LogP contribution in [0, 0.1) is 11.8 Å². The molecule has 2 rings (SSSR count). The molecule has 0 bridgehead atoms. The number of pyridine rings is 1. The maximum atomic E-state index is 4.18. The second-order valence-corrected chi connectivity index (χ2v) is 3.02. The highest BCUT2D eigenvalue weighted by atomic mass is 79.9. The van der Waals surface area contributed by atoms with Gasteiger partial charge in [0.25, 0.3) is 0 Å². The monoisotopic (exact) mass is 235 g/mol. The zero-order chi connectivity index (χ0) is 9.10. The molecule has 0 saturated carbocycles. The predicted octanol–water partition coefficient (Wildman–Crippen LogP) is 1.70. The summed E-state index contributed by atoms with van der Waals surface area (Å²) in [7, 11) is 0. The van der Waals surface area contributed by atoms with E-state index in [-0.39, 0.29) is 0 Å². The Morgan fingerprint density at radius 1 is 1.46 bits per heavy atom. The van der Waals surface area contributed by atoms with Crippen LogP contribution in [0.1, 0.15) is 5.56 Å². The Hall–Kier alpha value is -1.34. The molecule has 13 heavy (non-hydrogen) atoms. The van der Waals surface area contributed by atoms with E-state index in [4.69, 9.17) is 0 Å². The first kappa shape index (κ1) is 8.27. The third kappa shape index (κ3) is 1.70. The lowest BCUT2D eigenvalue weighted by atomic mass is 10.2. The third-order valence-electron chi connectivity index (χ3n) is 1.59. The Morgan fingerprint density at radius 3 is 3.23 bits per heavy atom. The van der Waals surface area contributed by atoms with E-state index in [1.54, 1.807) is 12.4 Å². The van der Waals surface area contributed by atoms with Crippen molar-refractivity contribution in [1.82, 2.24) is 15.2 Å². The molecular formula is C9H6BrN3. The van der Waals surface area contributed by atoms with Crippen molar-refractivity contribution in [1.29, 1.82) is 0 Å². The van der Waals surface area contributed by atoms with Crippen molar-refractivity contribution in [3.63, 3.8) is 0 Å². The van der Waals surface area contributed by atoms with Crippen LogP contribution in [0.25, 0.3) is 11.0 Å². The molecule has 0 atom stereocenters. The number of aromatic amines is 1. The van der Waals surface area contributed by atoms with Gasteiger partial charge >= 0.3 is 0 Å². The zero-order valence-electron chi connectivity index (χ0n) is 6.71. The SMILES string of the molecule is BrCC#Cc1cnc2cn[nH]c2c1. The van der Waals surface area contributed by atoms with E-state index >= 15 is 0 Å². The predicted molar refractivity (Wildman–Crippen MR) is 54.6 cm³/mol. The highest BCUT2D eigenvalue weighted by Crippen LogP contribution is 2.07. The summed E-state index contributed by atoms with van der Waals surface area (Å²) in [4.78, 5) is 4.18. The second kappa shape index (κ2) is 3.58. The fourth-order valence-electron chi connectivity index (χ4n) is 1.03. The van der Waals surface area contributed by atoms with Crippen molar-refractivity contribution < 1.29 is 0 Å². The van der Waals surface area contributed by atoms with Gasteiger partial charge in [0, 0.05) is 11.8 Å². The summed E-state index contributed by atoms with van der Waals surface area (Å²) in [5, 5.41) is 7.40. The molecule has 0 aromatic carbocycles. The molecule has 64 valence electrons. The molecule has 0 fully saturated rings. The minimum absolute atomic E-state index is 0.675. The number of nitrogens with zero attached hydrogens (tertiary/aromatic N) is 2. The van der Waals surface area contributed by atoms with Gasteiger partial charge in [0.1, 0.15) is 5.52 Å². The van der Waals surface area contributed by atoms with Gasteiger partial charge < -0.3 is 0 Å². The van der Waals surface area contributed by atoms with Crippen molar-refractivity contribution in [3.8, 4) is 11.8 Å². The summed E-state index contributed by atoms with van der Waals surface area (Å²) < 4.78 is 0. The van der Waals surface area contributed by atoms with E-state index < -0.39 is 0 Å². The fraction of sp³-hybridized carbons (Fsp3) is 0.111. The van der Waals surface area contributed by atoms with E-state index in [1.807, 2.05) is 6.07 Å². The molecule has 4 heteroatoms. The molecule has 2 aromatic rings. The van der Waals surface area contributed by atoms with E-state index in [0.29, 0.717) is 5.33 Å². The van der Waals surface area contributed by atoms with Gasteiger partial charge in [0.2, 0.25) is 0 Å². The van der Waals surface area contributed by atoms with Crippen molar-refractivity contribution in [2.24, 2.45) is 0 Å². The number of halogens is 1. The first-order valence-electron chi connectivity index (χ1n) is 3.74. The van der Waals surface area contributed by atoms with Gasteiger partial charge in [-0.25, -0.2) is 0 Å². The lowest BCUT2D eigenvalue weighted by Gasteiger charge is -1.89. The molecule has 0 saturated heterocycles. The maximum absolute atomic E-state index is 4.18. The van der Waals surface area contributed by atoms with Gasteiger partial charge in [-0.3, -0.25) is 10.1 Å². The summed E-state index contributed by atoms with van der Waals surface area (Å²) in [6.45, 7) is 0. The molecule has 0 unspecified atom stereocenters. The zero-order valence-corrected chi connectivity index (χ0v) is 8.30. The Bertz CT molecular complexity index is 478. The lowest BCUT2D eigenvalue weighted by Crippen LogP contribution is -1.79. The van der Waals surface area contributed by atoms with Crippen molar-refractivity contribution >= 4 is 27.0 Å². The molecule has 1 N–H and O–H groups in total. The number of aromatic nitrogens is 3. The van der Waals surface area contributed by atoms with Crippen LogP contribution in [-0.2, 0) is 0 Å². The normalized spacial score (nSPS) is 9.62. The molecule has 3 nitrogen and oxygen atoms in total. The quantitative estimate of drug-likeness (QED) is 0.558. The van der Waals surface area contributed by atoms with Gasteiger partial charge in [-0.15, -0.1) is 0 Å². The number of hydrogen-bond acceptors (Lipinski definition) is 2. The Kier molecular flexibility index (Phi) is 2.28. The van der Waals surface area contributed by atoms with Crippen LogP contribution in [0.2, 0.25) is 0 Å². The summed E-state index contributed by atoms with van der Waals surface area (Å²) in [6, 6.07) is 1.94. The maximum Gasteiger partial charge on any atom is 0.108 e. The van der Waals surface area contributed by atoms with Crippen molar-refractivity contribution in [3.05, 3.63) is 24.0 Å². The average Bonchev–Trinajstić information content (AvgIpc) is 2.61. The first-order chi connectivity index (χ1) is 6.40. The largest absolute Gasteiger partial charge is 0.276 e. The number of rotatable bonds is 0.